The standard InChI is InChI=1S/C27H28F3N5OS/c1-17-4-6-19(22(12-17)27(28,29)30)16-35-23-7-5-18(13-20(23)15-31-35)14-24-25(36)32-26(37-24)34(3)21-8-10-33(2)11-9-21/h4-7,12-15,21H,8-11,16H2,1-3H3/b24-14-. The second-order valence-corrected chi connectivity index (χ2v) is 10.7. The molecule has 0 unspecified atom stereocenters. The monoisotopic (exact) mass is 527 g/mol. The summed E-state index contributed by atoms with van der Waals surface area (Å²) in [6.45, 7) is 3.71. The first-order valence-corrected chi connectivity index (χ1v) is 13.0. The van der Waals surface area contributed by atoms with Crippen LogP contribution in [0.15, 0.2) is 52.5 Å². The van der Waals surface area contributed by atoms with Gasteiger partial charge in [0.2, 0.25) is 0 Å². The highest BCUT2D eigenvalue weighted by Gasteiger charge is 2.33. The maximum Gasteiger partial charge on any atom is 0.416 e. The van der Waals surface area contributed by atoms with Crippen molar-refractivity contribution in [2.45, 2.75) is 38.5 Å². The Morgan fingerprint density at radius 3 is 2.65 bits per heavy atom. The Morgan fingerprint density at radius 2 is 1.92 bits per heavy atom. The third kappa shape index (κ3) is 5.45. The van der Waals surface area contributed by atoms with E-state index in [1.165, 1.54) is 23.9 Å². The maximum absolute atomic E-state index is 13.6. The van der Waals surface area contributed by atoms with Crippen molar-refractivity contribution in [3.8, 4) is 0 Å². The van der Waals surface area contributed by atoms with Crippen LogP contribution in [0, 0.1) is 6.92 Å². The van der Waals surface area contributed by atoms with Gasteiger partial charge in [-0.15, -0.1) is 0 Å². The van der Waals surface area contributed by atoms with Gasteiger partial charge in [0.25, 0.3) is 5.91 Å². The molecular formula is C27H28F3N5OS. The lowest BCUT2D eigenvalue weighted by atomic mass is 10.0. The van der Waals surface area contributed by atoms with Gasteiger partial charge in [-0.3, -0.25) is 9.48 Å². The molecule has 6 nitrogen and oxygen atoms in total. The molecule has 10 heteroatoms. The van der Waals surface area contributed by atoms with Gasteiger partial charge in [0, 0.05) is 18.5 Å². The maximum atomic E-state index is 13.6. The number of aryl methyl sites for hydroxylation is 1. The largest absolute Gasteiger partial charge is 0.416 e. The predicted molar refractivity (Wildman–Crippen MR) is 141 cm³/mol. The quantitative estimate of drug-likeness (QED) is 0.425. The highest BCUT2D eigenvalue weighted by atomic mass is 32.2. The Bertz CT molecular complexity index is 1400. The smallest absolute Gasteiger partial charge is 0.351 e. The molecule has 1 amide bonds. The number of nitrogens with zero attached hydrogens (tertiary/aromatic N) is 5. The molecular weight excluding hydrogens is 499 g/mol. The van der Waals surface area contributed by atoms with Gasteiger partial charge in [0.05, 0.1) is 28.7 Å². The molecule has 194 valence electrons. The number of likely N-dealkylation sites (tertiary alicyclic amines) is 1. The molecule has 5 rings (SSSR count). The Labute approximate surface area is 217 Å². The number of aliphatic imine (C=N–C) groups is 1. The van der Waals surface area contributed by atoms with E-state index in [1.54, 1.807) is 23.9 Å². The lowest BCUT2D eigenvalue weighted by Gasteiger charge is -2.35. The van der Waals surface area contributed by atoms with Gasteiger partial charge in [-0.25, -0.2) is 0 Å². The van der Waals surface area contributed by atoms with E-state index >= 15 is 0 Å². The Kier molecular flexibility index (Phi) is 6.89. The molecule has 37 heavy (non-hydrogen) atoms. The van der Waals surface area contributed by atoms with E-state index in [0.29, 0.717) is 16.5 Å². The van der Waals surface area contributed by atoms with Crippen LogP contribution in [-0.4, -0.2) is 63.9 Å². The zero-order valence-corrected chi connectivity index (χ0v) is 21.7. The molecule has 0 N–H and O–H groups in total. The van der Waals surface area contributed by atoms with E-state index in [1.807, 2.05) is 31.3 Å². The number of hydrogen-bond donors (Lipinski definition) is 0. The van der Waals surface area contributed by atoms with Crippen molar-refractivity contribution in [1.29, 1.82) is 0 Å². The molecule has 3 heterocycles. The Hall–Kier alpha value is -3.11. The number of fused-ring (bicyclic) bond motifs is 1. The first-order valence-electron chi connectivity index (χ1n) is 12.1. The van der Waals surface area contributed by atoms with Crippen LogP contribution in [0.3, 0.4) is 0 Å². The van der Waals surface area contributed by atoms with Crippen LogP contribution in [0.4, 0.5) is 13.2 Å². The fourth-order valence-electron chi connectivity index (χ4n) is 4.81. The van der Waals surface area contributed by atoms with E-state index in [0.717, 1.165) is 47.6 Å². The van der Waals surface area contributed by atoms with Gasteiger partial charge in [0.15, 0.2) is 5.17 Å². The minimum Gasteiger partial charge on any atom is -0.351 e. The summed E-state index contributed by atoms with van der Waals surface area (Å²) in [6, 6.07) is 10.3. The molecule has 1 saturated heterocycles. The van der Waals surface area contributed by atoms with Crippen LogP contribution in [0.2, 0.25) is 0 Å². The number of carbonyl (C=O) groups is 1. The van der Waals surface area contributed by atoms with Crippen LogP contribution in [-0.2, 0) is 17.5 Å². The molecule has 3 aromatic rings. The van der Waals surface area contributed by atoms with E-state index in [2.05, 4.69) is 26.9 Å². The SMILES string of the molecule is Cc1ccc(Cn2ncc3cc(/C=C4\SC(N(C)C5CCN(C)CC5)=NC4=O)ccc32)c(C(F)(F)F)c1. The minimum atomic E-state index is -4.43. The predicted octanol–water partition coefficient (Wildman–Crippen LogP) is 5.41. The molecule has 0 radical (unpaired) electrons. The van der Waals surface area contributed by atoms with Crippen molar-refractivity contribution in [3.63, 3.8) is 0 Å². The van der Waals surface area contributed by atoms with Gasteiger partial charge >= 0.3 is 6.18 Å². The number of aromatic nitrogens is 2. The summed E-state index contributed by atoms with van der Waals surface area (Å²) in [5.74, 6) is -0.255. The fourth-order valence-corrected chi connectivity index (χ4v) is 5.76. The Morgan fingerprint density at radius 1 is 1.16 bits per heavy atom. The molecule has 0 spiro atoms. The second kappa shape index (κ2) is 9.98. The third-order valence-corrected chi connectivity index (χ3v) is 8.08. The number of benzene rings is 2. The van der Waals surface area contributed by atoms with Crippen molar-refractivity contribution in [2.24, 2.45) is 4.99 Å². The molecule has 0 aliphatic carbocycles. The number of halogens is 3. The molecule has 0 bridgehead atoms. The van der Waals surface area contributed by atoms with Crippen molar-refractivity contribution >= 4 is 39.8 Å². The van der Waals surface area contributed by atoms with Gasteiger partial charge in [0.1, 0.15) is 0 Å². The summed E-state index contributed by atoms with van der Waals surface area (Å²) in [7, 11) is 4.11. The summed E-state index contributed by atoms with van der Waals surface area (Å²) in [5.41, 5.74) is 1.62. The van der Waals surface area contributed by atoms with Crippen LogP contribution in [0.1, 0.15) is 35.1 Å². The fraction of sp³-hybridized carbons (Fsp3) is 0.370. The topological polar surface area (TPSA) is 53.7 Å². The summed E-state index contributed by atoms with van der Waals surface area (Å²) in [4.78, 5) is 21.9. The Balaban J connectivity index is 1.33. The van der Waals surface area contributed by atoms with Crippen molar-refractivity contribution < 1.29 is 18.0 Å². The van der Waals surface area contributed by atoms with E-state index in [4.69, 9.17) is 0 Å². The summed E-state index contributed by atoms with van der Waals surface area (Å²) in [5, 5.41) is 5.85. The zero-order valence-electron chi connectivity index (χ0n) is 20.9. The molecule has 0 saturated carbocycles. The summed E-state index contributed by atoms with van der Waals surface area (Å²) >= 11 is 1.38. The molecule has 1 aromatic heterocycles. The number of piperidine rings is 1. The number of rotatable bonds is 4. The number of alkyl halides is 3. The van der Waals surface area contributed by atoms with Gasteiger partial charge in [-0.1, -0.05) is 23.8 Å². The third-order valence-electron chi connectivity index (χ3n) is 7.00. The second-order valence-electron chi connectivity index (χ2n) is 9.73. The number of thioether (sulfide) groups is 1. The van der Waals surface area contributed by atoms with Gasteiger partial charge < -0.3 is 9.80 Å². The van der Waals surface area contributed by atoms with Crippen molar-refractivity contribution in [2.75, 3.05) is 27.2 Å². The van der Waals surface area contributed by atoms with Crippen molar-refractivity contribution in [3.05, 3.63) is 69.8 Å². The first-order chi connectivity index (χ1) is 17.6. The van der Waals surface area contributed by atoms with Crippen LogP contribution in [0.25, 0.3) is 17.0 Å². The highest BCUT2D eigenvalue weighted by molar-refractivity contribution is 8.18. The van der Waals surface area contributed by atoms with Crippen LogP contribution < -0.4 is 0 Å². The van der Waals surface area contributed by atoms with Crippen molar-refractivity contribution in [1.82, 2.24) is 19.6 Å². The molecule has 2 aromatic carbocycles. The van der Waals surface area contributed by atoms with E-state index in [9.17, 15) is 18.0 Å². The summed E-state index contributed by atoms with van der Waals surface area (Å²) in [6.07, 6.45) is 1.08. The molecule has 1 fully saturated rings. The lowest BCUT2D eigenvalue weighted by Crippen LogP contribution is -2.43. The van der Waals surface area contributed by atoms with E-state index < -0.39 is 11.7 Å². The average Bonchev–Trinajstić information content (AvgIpc) is 3.42. The number of amides is 1. The number of hydrogen-bond acceptors (Lipinski definition) is 5. The van der Waals surface area contributed by atoms with Gasteiger partial charge in [-0.05, 0) is 87.1 Å². The van der Waals surface area contributed by atoms with Crippen LogP contribution >= 0.6 is 11.8 Å². The lowest BCUT2D eigenvalue weighted by molar-refractivity contribution is -0.138. The molecule has 0 atom stereocenters. The number of carbonyl (C=O) groups excluding carboxylic acids is 1. The van der Waals surface area contributed by atoms with E-state index in [-0.39, 0.29) is 18.0 Å². The first kappa shape index (κ1) is 25.5. The normalized spacial score (nSPS) is 18.7. The van der Waals surface area contributed by atoms with Crippen LogP contribution in [0.5, 0.6) is 0 Å². The molecule has 2 aliphatic rings. The number of amidine groups is 1. The summed E-state index contributed by atoms with van der Waals surface area (Å²) < 4.78 is 42.3. The average molecular weight is 528 g/mol. The molecule has 2 aliphatic heterocycles. The highest BCUT2D eigenvalue weighted by Crippen LogP contribution is 2.34. The minimum absolute atomic E-state index is 0.00783. The zero-order chi connectivity index (χ0) is 26.3. The van der Waals surface area contributed by atoms with Gasteiger partial charge in [-0.2, -0.15) is 23.3 Å².